The summed E-state index contributed by atoms with van der Waals surface area (Å²) in [6.07, 6.45) is 1.60. The quantitative estimate of drug-likeness (QED) is 0.703. The molecule has 1 aromatic carbocycles. The number of aromatic nitrogens is 2. The molecule has 4 rings (SSSR count). The van der Waals surface area contributed by atoms with Crippen LogP contribution in [0.2, 0.25) is 0 Å². The van der Waals surface area contributed by atoms with E-state index in [-0.39, 0.29) is 5.91 Å². The second-order valence-corrected chi connectivity index (χ2v) is 6.45. The predicted octanol–water partition coefficient (Wildman–Crippen LogP) is 3.21. The van der Waals surface area contributed by atoms with Crippen molar-refractivity contribution in [2.45, 2.75) is 6.92 Å². The van der Waals surface area contributed by atoms with Crippen LogP contribution in [-0.2, 0) is 4.74 Å². The zero-order valence-electron chi connectivity index (χ0n) is 15.5. The highest BCUT2D eigenvalue weighted by Gasteiger charge is 2.15. The molecule has 1 fully saturated rings. The summed E-state index contributed by atoms with van der Waals surface area (Å²) in [5.41, 5.74) is 2.49. The monoisotopic (exact) mass is 379 g/mol. The van der Waals surface area contributed by atoms with Crippen LogP contribution in [0.3, 0.4) is 0 Å². The second kappa shape index (κ2) is 8.10. The molecule has 0 atom stereocenters. The Kier molecular flexibility index (Phi) is 5.20. The molecular formula is C20H21N5O3. The number of nitrogens with one attached hydrogen (secondary N) is 2. The summed E-state index contributed by atoms with van der Waals surface area (Å²) in [6, 6.07) is 13.1. The van der Waals surface area contributed by atoms with E-state index in [1.807, 2.05) is 18.2 Å². The maximum Gasteiger partial charge on any atom is 0.257 e. The van der Waals surface area contributed by atoms with Gasteiger partial charge in [-0.2, -0.15) is 0 Å². The summed E-state index contributed by atoms with van der Waals surface area (Å²) < 4.78 is 10.4. The van der Waals surface area contributed by atoms with Gasteiger partial charge in [-0.15, -0.1) is 0 Å². The van der Waals surface area contributed by atoms with Crippen molar-refractivity contribution in [3.05, 3.63) is 60.0 Å². The molecule has 0 bridgehead atoms. The number of ether oxygens (including phenoxy) is 1. The van der Waals surface area contributed by atoms with E-state index < -0.39 is 0 Å². The zero-order valence-corrected chi connectivity index (χ0v) is 15.5. The molecule has 0 unspecified atom stereocenters. The van der Waals surface area contributed by atoms with Gasteiger partial charge in [0.05, 0.1) is 24.6 Å². The van der Waals surface area contributed by atoms with Gasteiger partial charge < -0.3 is 24.8 Å². The first kappa shape index (κ1) is 18.0. The van der Waals surface area contributed by atoms with Gasteiger partial charge in [0.1, 0.15) is 11.6 Å². The van der Waals surface area contributed by atoms with E-state index >= 15 is 0 Å². The van der Waals surface area contributed by atoms with E-state index in [2.05, 4.69) is 31.7 Å². The average molecular weight is 379 g/mol. The minimum absolute atomic E-state index is 0.278. The summed E-state index contributed by atoms with van der Waals surface area (Å²) in [4.78, 5) is 19.1. The lowest BCUT2D eigenvalue weighted by molar-refractivity contribution is 0.102. The number of pyridine rings is 1. The number of anilines is 4. The van der Waals surface area contributed by atoms with E-state index in [4.69, 9.17) is 9.26 Å². The molecular weight excluding hydrogens is 358 g/mol. The summed E-state index contributed by atoms with van der Waals surface area (Å²) >= 11 is 0. The normalized spacial score (nSPS) is 14.0. The van der Waals surface area contributed by atoms with Gasteiger partial charge in [0, 0.05) is 30.9 Å². The molecule has 1 saturated heterocycles. The molecule has 28 heavy (non-hydrogen) atoms. The van der Waals surface area contributed by atoms with Crippen molar-refractivity contribution in [1.82, 2.24) is 10.1 Å². The van der Waals surface area contributed by atoms with E-state index in [0.717, 1.165) is 24.5 Å². The van der Waals surface area contributed by atoms with Gasteiger partial charge in [-0.3, -0.25) is 4.79 Å². The molecule has 1 aliphatic heterocycles. The molecule has 0 saturated carbocycles. The number of carbonyl (C=O) groups excluding carboxylic acids is 1. The van der Waals surface area contributed by atoms with E-state index in [9.17, 15) is 4.79 Å². The lowest BCUT2D eigenvalue weighted by Gasteiger charge is -2.30. The molecule has 144 valence electrons. The molecule has 0 aliphatic carbocycles. The summed E-state index contributed by atoms with van der Waals surface area (Å²) in [5, 5.41) is 9.82. The van der Waals surface area contributed by atoms with Gasteiger partial charge >= 0.3 is 0 Å². The lowest BCUT2D eigenvalue weighted by atomic mass is 10.2. The van der Waals surface area contributed by atoms with Crippen LogP contribution in [0.1, 0.15) is 16.1 Å². The lowest BCUT2D eigenvalue weighted by Crippen LogP contribution is -2.36. The largest absolute Gasteiger partial charge is 0.378 e. The van der Waals surface area contributed by atoms with Gasteiger partial charge in [-0.25, -0.2) is 4.98 Å². The molecule has 3 aromatic rings. The highest BCUT2D eigenvalue weighted by atomic mass is 16.5. The minimum Gasteiger partial charge on any atom is -0.378 e. The van der Waals surface area contributed by atoms with E-state index in [0.29, 0.717) is 36.2 Å². The predicted molar refractivity (Wildman–Crippen MR) is 106 cm³/mol. The molecule has 2 N–H and O–H groups in total. The molecule has 2 aromatic heterocycles. The Hall–Kier alpha value is -3.39. The number of morpholine rings is 1. The SMILES string of the molecule is Cc1cc(NC(=O)c2ccnc(Nc3ccccc3N3CCOCC3)c2)no1. The average Bonchev–Trinajstić information content (AvgIpc) is 3.14. The van der Waals surface area contributed by atoms with Crippen LogP contribution in [-0.4, -0.2) is 42.4 Å². The Balaban J connectivity index is 1.51. The van der Waals surface area contributed by atoms with E-state index in [1.165, 1.54) is 0 Å². The Labute approximate surface area is 162 Å². The van der Waals surface area contributed by atoms with Crippen molar-refractivity contribution in [3.8, 4) is 0 Å². The molecule has 3 heterocycles. The van der Waals surface area contributed by atoms with Gasteiger partial charge in [0.25, 0.3) is 5.91 Å². The fourth-order valence-electron chi connectivity index (χ4n) is 3.05. The topological polar surface area (TPSA) is 92.5 Å². The summed E-state index contributed by atoms with van der Waals surface area (Å²) in [7, 11) is 0. The maximum absolute atomic E-state index is 12.5. The molecule has 0 radical (unpaired) electrons. The van der Waals surface area contributed by atoms with Crippen LogP contribution >= 0.6 is 0 Å². The number of hydrogen-bond donors (Lipinski definition) is 2. The number of aryl methyl sites for hydroxylation is 1. The van der Waals surface area contributed by atoms with Crippen LogP contribution < -0.4 is 15.5 Å². The van der Waals surface area contributed by atoms with Gasteiger partial charge in [-0.1, -0.05) is 17.3 Å². The Morgan fingerprint density at radius 2 is 1.93 bits per heavy atom. The van der Waals surface area contributed by atoms with Crippen molar-refractivity contribution in [2.24, 2.45) is 0 Å². The number of rotatable bonds is 5. The Morgan fingerprint density at radius 3 is 2.71 bits per heavy atom. The first-order valence-electron chi connectivity index (χ1n) is 9.08. The van der Waals surface area contributed by atoms with Crippen molar-refractivity contribution in [3.63, 3.8) is 0 Å². The number of benzene rings is 1. The first-order chi connectivity index (χ1) is 13.7. The molecule has 1 amide bonds. The van der Waals surface area contributed by atoms with Crippen molar-refractivity contribution in [2.75, 3.05) is 41.8 Å². The zero-order chi connectivity index (χ0) is 19.3. The fourth-order valence-corrected chi connectivity index (χ4v) is 3.05. The third-order valence-electron chi connectivity index (χ3n) is 4.41. The number of hydrogen-bond acceptors (Lipinski definition) is 7. The minimum atomic E-state index is -0.278. The number of para-hydroxylation sites is 2. The highest BCUT2D eigenvalue weighted by Crippen LogP contribution is 2.29. The van der Waals surface area contributed by atoms with Crippen LogP contribution in [0, 0.1) is 6.92 Å². The Morgan fingerprint density at radius 1 is 1.11 bits per heavy atom. The molecule has 8 heteroatoms. The number of carbonyl (C=O) groups is 1. The van der Waals surface area contributed by atoms with Crippen LogP contribution in [0.25, 0.3) is 0 Å². The number of nitrogens with zero attached hydrogens (tertiary/aromatic N) is 3. The maximum atomic E-state index is 12.5. The molecule has 0 spiro atoms. The van der Waals surface area contributed by atoms with Crippen molar-refractivity contribution >= 4 is 28.9 Å². The molecule has 1 aliphatic rings. The van der Waals surface area contributed by atoms with Crippen LogP contribution in [0.4, 0.5) is 23.0 Å². The van der Waals surface area contributed by atoms with E-state index in [1.54, 1.807) is 31.3 Å². The van der Waals surface area contributed by atoms with Gasteiger partial charge in [0.2, 0.25) is 0 Å². The molecule has 8 nitrogen and oxygen atoms in total. The van der Waals surface area contributed by atoms with Gasteiger partial charge in [-0.05, 0) is 31.2 Å². The van der Waals surface area contributed by atoms with Gasteiger partial charge in [0.15, 0.2) is 5.82 Å². The first-order valence-corrected chi connectivity index (χ1v) is 9.08. The van der Waals surface area contributed by atoms with Crippen LogP contribution in [0.15, 0.2) is 53.2 Å². The third kappa shape index (κ3) is 4.12. The van der Waals surface area contributed by atoms with Crippen molar-refractivity contribution < 1.29 is 14.1 Å². The second-order valence-electron chi connectivity index (χ2n) is 6.45. The highest BCUT2D eigenvalue weighted by molar-refractivity contribution is 6.04. The van der Waals surface area contributed by atoms with Crippen LogP contribution in [0.5, 0.6) is 0 Å². The smallest absolute Gasteiger partial charge is 0.257 e. The standard InChI is InChI=1S/C20H21N5O3/c1-14-12-19(24-28-14)23-20(26)15-6-7-21-18(13-15)22-16-4-2-3-5-17(16)25-8-10-27-11-9-25/h2-7,12-13H,8-11H2,1H3,(H,21,22)(H,23,24,26). The summed E-state index contributed by atoms with van der Waals surface area (Å²) in [5.74, 6) is 1.32. The number of amides is 1. The van der Waals surface area contributed by atoms with Crippen molar-refractivity contribution in [1.29, 1.82) is 0 Å². The fraction of sp³-hybridized carbons (Fsp3) is 0.250. The summed E-state index contributed by atoms with van der Waals surface area (Å²) in [6.45, 7) is 4.87. The third-order valence-corrected chi connectivity index (χ3v) is 4.41. The Bertz CT molecular complexity index is 966.